The molecule has 0 amide bonds. The van der Waals surface area contributed by atoms with Crippen molar-refractivity contribution in [3.8, 4) is 5.75 Å². The summed E-state index contributed by atoms with van der Waals surface area (Å²) in [6.07, 6.45) is 0.369. The number of rotatable bonds is 4. The molecule has 0 aliphatic rings. The van der Waals surface area contributed by atoms with Crippen molar-refractivity contribution in [1.29, 1.82) is 0 Å². The van der Waals surface area contributed by atoms with Crippen LogP contribution in [-0.4, -0.2) is 12.9 Å². The summed E-state index contributed by atoms with van der Waals surface area (Å²) in [6.45, 7) is 4.00. The lowest BCUT2D eigenvalue weighted by atomic mass is 10.00. The van der Waals surface area contributed by atoms with Crippen LogP contribution in [0.3, 0.4) is 0 Å². The summed E-state index contributed by atoms with van der Waals surface area (Å²) in [6, 6.07) is 13.6. The van der Waals surface area contributed by atoms with Gasteiger partial charge in [-0.05, 0) is 26.0 Å². The number of methoxy groups -OCH3 is 1. The Morgan fingerprint density at radius 3 is 2.47 bits per heavy atom. The molecule has 0 radical (unpaired) electrons. The van der Waals surface area contributed by atoms with Crippen LogP contribution in [0.4, 0.5) is 0 Å². The molecule has 0 saturated heterocycles. The molecular weight excluding hydrogens is 236 g/mol. The monoisotopic (exact) mass is 254 g/mol. The van der Waals surface area contributed by atoms with Gasteiger partial charge in [0.05, 0.1) is 7.11 Å². The average molecular weight is 254 g/mol. The molecule has 2 rings (SSSR count). The van der Waals surface area contributed by atoms with Crippen LogP contribution in [0.1, 0.15) is 27.0 Å². The second-order valence-corrected chi connectivity index (χ2v) is 4.78. The summed E-state index contributed by atoms with van der Waals surface area (Å²) in [5.74, 6) is 0.888. The van der Waals surface area contributed by atoms with Crippen molar-refractivity contribution in [2.75, 3.05) is 7.11 Å². The molecule has 0 saturated carbocycles. The van der Waals surface area contributed by atoms with E-state index < -0.39 is 0 Å². The van der Waals surface area contributed by atoms with Crippen LogP contribution >= 0.6 is 0 Å². The highest BCUT2D eigenvalue weighted by atomic mass is 16.5. The number of aryl methyl sites for hydroxylation is 2. The van der Waals surface area contributed by atoms with Crippen molar-refractivity contribution >= 4 is 5.78 Å². The van der Waals surface area contributed by atoms with Crippen molar-refractivity contribution in [3.63, 3.8) is 0 Å². The molecule has 2 aromatic carbocycles. The first kappa shape index (κ1) is 13.3. The number of carbonyl (C=O) groups excluding carboxylic acids is 1. The molecule has 0 aromatic heterocycles. The fourth-order valence-electron chi connectivity index (χ4n) is 2.14. The Kier molecular flexibility index (Phi) is 4.00. The van der Waals surface area contributed by atoms with Gasteiger partial charge in [-0.25, -0.2) is 0 Å². The first-order chi connectivity index (χ1) is 9.10. The topological polar surface area (TPSA) is 26.3 Å². The summed E-state index contributed by atoms with van der Waals surface area (Å²) in [5, 5.41) is 0. The van der Waals surface area contributed by atoms with E-state index >= 15 is 0 Å². The van der Waals surface area contributed by atoms with E-state index in [-0.39, 0.29) is 5.78 Å². The number of ether oxygens (including phenoxy) is 1. The quantitative estimate of drug-likeness (QED) is 0.777. The van der Waals surface area contributed by atoms with Crippen LogP contribution in [0, 0.1) is 13.8 Å². The number of hydrogen-bond donors (Lipinski definition) is 0. The SMILES string of the molecule is COc1ccc(C)cc1CC(=O)c1cccc(C)c1. The molecule has 2 aromatic rings. The molecule has 0 bridgehead atoms. The maximum Gasteiger partial charge on any atom is 0.167 e. The van der Waals surface area contributed by atoms with Gasteiger partial charge < -0.3 is 4.74 Å². The van der Waals surface area contributed by atoms with E-state index in [0.717, 1.165) is 28.0 Å². The van der Waals surface area contributed by atoms with Gasteiger partial charge >= 0.3 is 0 Å². The molecule has 0 aliphatic carbocycles. The number of hydrogen-bond acceptors (Lipinski definition) is 2. The lowest BCUT2D eigenvalue weighted by molar-refractivity contribution is 0.0992. The zero-order valence-corrected chi connectivity index (χ0v) is 11.6. The normalized spacial score (nSPS) is 10.3. The third kappa shape index (κ3) is 3.22. The lowest BCUT2D eigenvalue weighted by Crippen LogP contribution is -2.05. The zero-order chi connectivity index (χ0) is 13.8. The van der Waals surface area contributed by atoms with E-state index in [1.807, 2.05) is 56.3 Å². The number of carbonyl (C=O) groups is 1. The molecule has 2 heteroatoms. The summed E-state index contributed by atoms with van der Waals surface area (Å²) < 4.78 is 5.31. The van der Waals surface area contributed by atoms with E-state index in [0.29, 0.717) is 6.42 Å². The van der Waals surface area contributed by atoms with Crippen LogP contribution in [-0.2, 0) is 6.42 Å². The molecule has 0 atom stereocenters. The molecule has 98 valence electrons. The van der Waals surface area contributed by atoms with Gasteiger partial charge in [-0.3, -0.25) is 4.79 Å². The minimum Gasteiger partial charge on any atom is -0.496 e. The number of ketones is 1. The average Bonchev–Trinajstić information content (AvgIpc) is 2.39. The summed E-state index contributed by atoms with van der Waals surface area (Å²) in [5.41, 5.74) is 3.92. The van der Waals surface area contributed by atoms with Crippen molar-refractivity contribution in [3.05, 3.63) is 64.7 Å². The minimum atomic E-state index is 0.118. The van der Waals surface area contributed by atoms with Crippen LogP contribution in [0.15, 0.2) is 42.5 Å². The van der Waals surface area contributed by atoms with Gasteiger partial charge in [0.2, 0.25) is 0 Å². The van der Waals surface area contributed by atoms with Crippen LogP contribution in [0.2, 0.25) is 0 Å². The van der Waals surface area contributed by atoms with Crippen LogP contribution < -0.4 is 4.74 Å². The molecular formula is C17H18O2. The Labute approximate surface area is 114 Å². The molecule has 0 N–H and O–H groups in total. The molecule has 19 heavy (non-hydrogen) atoms. The number of Topliss-reactive ketones (excluding diaryl/α,β-unsaturated/α-hetero) is 1. The van der Waals surface area contributed by atoms with E-state index in [9.17, 15) is 4.79 Å². The van der Waals surface area contributed by atoms with E-state index in [1.54, 1.807) is 7.11 Å². The number of benzene rings is 2. The van der Waals surface area contributed by atoms with Crippen molar-refractivity contribution in [1.82, 2.24) is 0 Å². The van der Waals surface area contributed by atoms with Gasteiger partial charge in [0.1, 0.15) is 5.75 Å². The maximum absolute atomic E-state index is 12.3. The minimum absolute atomic E-state index is 0.118. The second kappa shape index (κ2) is 5.70. The molecule has 0 aliphatic heterocycles. The highest BCUT2D eigenvalue weighted by Crippen LogP contribution is 2.21. The van der Waals surface area contributed by atoms with Crippen molar-refractivity contribution in [2.45, 2.75) is 20.3 Å². The third-order valence-corrected chi connectivity index (χ3v) is 3.13. The predicted octanol–water partition coefficient (Wildman–Crippen LogP) is 3.74. The van der Waals surface area contributed by atoms with E-state index in [2.05, 4.69) is 0 Å². The molecule has 2 nitrogen and oxygen atoms in total. The van der Waals surface area contributed by atoms with Crippen LogP contribution in [0.25, 0.3) is 0 Å². The molecule has 0 unspecified atom stereocenters. The lowest BCUT2D eigenvalue weighted by Gasteiger charge is -2.09. The van der Waals surface area contributed by atoms with Crippen molar-refractivity contribution < 1.29 is 9.53 Å². The third-order valence-electron chi connectivity index (χ3n) is 3.13. The molecule has 0 spiro atoms. The Morgan fingerprint density at radius 2 is 1.79 bits per heavy atom. The largest absolute Gasteiger partial charge is 0.496 e. The maximum atomic E-state index is 12.3. The highest BCUT2D eigenvalue weighted by Gasteiger charge is 2.11. The summed E-state index contributed by atoms with van der Waals surface area (Å²) in [4.78, 5) is 12.3. The van der Waals surface area contributed by atoms with E-state index in [4.69, 9.17) is 4.74 Å². The fraction of sp³-hybridized carbons (Fsp3) is 0.235. The second-order valence-electron chi connectivity index (χ2n) is 4.78. The fourth-order valence-corrected chi connectivity index (χ4v) is 2.14. The Morgan fingerprint density at radius 1 is 1.05 bits per heavy atom. The van der Waals surface area contributed by atoms with Crippen LogP contribution in [0.5, 0.6) is 5.75 Å². The van der Waals surface area contributed by atoms with Gasteiger partial charge in [-0.15, -0.1) is 0 Å². The molecule has 0 heterocycles. The Balaban J connectivity index is 2.26. The van der Waals surface area contributed by atoms with Gasteiger partial charge in [0, 0.05) is 17.5 Å². The standard InChI is InChI=1S/C17H18O2/c1-12-5-4-6-14(9-12)16(18)11-15-10-13(2)7-8-17(15)19-3/h4-10H,11H2,1-3H3. The highest BCUT2D eigenvalue weighted by molar-refractivity contribution is 5.98. The van der Waals surface area contributed by atoms with Gasteiger partial charge in [-0.2, -0.15) is 0 Å². The zero-order valence-electron chi connectivity index (χ0n) is 11.6. The molecule has 0 fully saturated rings. The first-order valence-electron chi connectivity index (χ1n) is 6.33. The summed E-state index contributed by atoms with van der Waals surface area (Å²) in [7, 11) is 1.63. The van der Waals surface area contributed by atoms with Gasteiger partial charge in [0.15, 0.2) is 5.78 Å². The smallest absolute Gasteiger partial charge is 0.167 e. The van der Waals surface area contributed by atoms with E-state index in [1.165, 1.54) is 0 Å². The first-order valence-corrected chi connectivity index (χ1v) is 6.33. The Bertz CT molecular complexity index is 600. The summed E-state index contributed by atoms with van der Waals surface area (Å²) >= 11 is 0. The Hall–Kier alpha value is -2.09. The van der Waals surface area contributed by atoms with Gasteiger partial charge in [0.25, 0.3) is 0 Å². The van der Waals surface area contributed by atoms with Crippen molar-refractivity contribution in [2.24, 2.45) is 0 Å². The predicted molar refractivity (Wildman–Crippen MR) is 76.9 cm³/mol. The van der Waals surface area contributed by atoms with Gasteiger partial charge in [-0.1, -0.05) is 41.5 Å².